The van der Waals surface area contributed by atoms with Crippen molar-refractivity contribution in [3.05, 3.63) is 0 Å². The summed E-state index contributed by atoms with van der Waals surface area (Å²) in [5.41, 5.74) is 5.77. The van der Waals surface area contributed by atoms with E-state index in [1.807, 2.05) is 0 Å². The van der Waals surface area contributed by atoms with Crippen LogP contribution in [0.15, 0.2) is 0 Å². The summed E-state index contributed by atoms with van der Waals surface area (Å²) in [6, 6.07) is 0.464. The zero-order chi connectivity index (χ0) is 12.1. The molecule has 0 saturated heterocycles. The van der Waals surface area contributed by atoms with E-state index in [-0.39, 0.29) is 11.8 Å². The topological polar surface area (TPSA) is 55.1 Å². The molecule has 3 heteroatoms. The van der Waals surface area contributed by atoms with Gasteiger partial charge in [-0.2, -0.15) is 0 Å². The number of hydrogen-bond donors (Lipinski definition) is 2. The highest BCUT2D eigenvalue weighted by atomic mass is 16.2. The molecule has 3 nitrogen and oxygen atoms in total. The predicted octanol–water partition coefficient (Wildman–Crippen LogP) is 2.20. The highest BCUT2D eigenvalue weighted by Gasteiger charge is 2.28. The third-order valence-corrected chi connectivity index (χ3v) is 4.17. The second-order valence-corrected chi connectivity index (χ2v) is 5.81. The fourth-order valence-corrected chi connectivity index (χ4v) is 2.86. The molecule has 1 amide bonds. The third-order valence-electron chi connectivity index (χ3n) is 4.17. The van der Waals surface area contributed by atoms with Crippen LogP contribution in [0, 0.1) is 11.8 Å². The first-order chi connectivity index (χ1) is 8.29. The summed E-state index contributed by atoms with van der Waals surface area (Å²) >= 11 is 0. The van der Waals surface area contributed by atoms with Crippen LogP contribution in [0.1, 0.15) is 57.8 Å². The van der Waals surface area contributed by atoms with Crippen LogP contribution in [0.25, 0.3) is 0 Å². The maximum absolute atomic E-state index is 12.0. The van der Waals surface area contributed by atoms with Gasteiger partial charge >= 0.3 is 0 Å². The van der Waals surface area contributed by atoms with E-state index in [1.165, 1.54) is 38.5 Å². The van der Waals surface area contributed by atoms with E-state index < -0.39 is 0 Å². The lowest BCUT2D eigenvalue weighted by molar-refractivity contribution is -0.125. The molecular formula is C14H26N2O. The van der Waals surface area contributed by atoms with Crippen molar-refractivity contribution >= 4 is 5.91 Å². The van der Waals surface area contributed by atoms with E-state index in [0.29, 0.717) is 12.6 Å². The summed E-state index contributed by atoms with van der Waals surface area (Å²) in [5, 5.41) is 3.09. The molecular weight excluding hydrogens is 212 g/mol. The first-order valence-electron chi connectivity index (χ1n) is 7.30. The normalized spacial score (nSPS) is 24.1. The van der Waals surface area contributed by atoms with Crippen molar-refractivity contribution in [1.82, 2.24) is 5.32 Å². The number of rotatable bonds is 5. The second kappa shape index (κ2) is 6.39. The maximum Gasteiger partial charge on any atom is 0.224 e. The molecule has 0 bridgehead atoms. The number of carbonyl (C=O) groups is 1. The average molecular weight is 238 g/mol. The van der Waals surface area contributed by atoms with Gasteiger partial charge in [-0.1, -0.05) is 38.5 Å². The molecule has 98 valence electrons. The zero-order valence-corrected chi connectivity index (χ0v) is 10.8. The Bertz CT molecular complexity index is 243. The minimum absolute atomic E-state index is 0.0544. The number of hydrogen-bond acceptors (Lipinski definition) is 2. The molecule has 17 heavy (non-hydrogen) atoms. The van der Waals surface area contributed by atoms with Crippen molar-refractivity contribution in [2.24, 2.45) is 17.6 Å². The monoisotopic (exact) mass is 238 g/mol. The Labute approximate surface area is 105 Å². The van der Waals surface area contributed by atoms with Crippen LogP contribution < -0.4 is 11.1 Å². The zero-order valence-electron chi connectivity index (χ0n) is 10.8. The molecule has 0 heterocycles. The average Bonchev–Trinajstić information content (AvgIpc) is 3.12. The molecule has 0 aromatic rings. The van der Waals surface area contributed by atoms with Gasteiger partial charge in [-0.3, -0.25) is 4.79 Å². The molecule has 1 unspecified atom stereocenters. The van der Waals surface area contributed by atoms with Gasteiger partial charge in [-0.05, 0) is 25.2 Å². The van der Waals surface area contributed by atoms with Gasteiger partial charge < -0.3 is 11.1 Å². The molecule has 3 N–H and O–H groups in total. The van der Waals surface area contributed by atoms with Gasteiger partial charge in [0, 0.05) is 12.6 Å². The van der Waals surface area contributed by atoms with Crippen molar-refractivity contribution in [2.45, 2.75) is 63.8 Å². The number of nitrogens with two attached hydrogens (primary N) is 1. The third kappa shape index (κ3) is 4.30. The van der Waals surface area contributed by atoms with E-state index in [0.717, 1.165) is 25.2 Å². The SMILES string of the molecule is NCC(CC1CCCCCC1)C(=O)NC1CC1. The lowest BCUT2D eigenvalue weighted by Gasteiger charge is -2.20. The predicted molar refractivity (Wildman–Crippen MR) is 69.5 cm³/mol. The summed E-state index contributed by atoms with van der Waals surface area (Å²) in [6.45, 7) is 0.509. The molecule has 1 atom stereocenters. The first kappa shape index (κ1) is 12.9. The molecule has 2 aliphatic rings. The Morgan fingerprint density at radius 3 is 2.29 bits per heavy atom. The lowest BCUT2D eigenvalue weighted by Crippen LogP contribution is -2.37. The molecule has 2 rings (SSSR count). The summed E-state index contributed by atoms with van der Waals surface area (Å²) in [6.07, 6.45) is 11.4. The van der Waals surface area contributed by atoms with E-state index in [9.17, 15) is 4.79 Å². The van der Waals surface area contributed by atoms with Gasteiger partial charge in [0.1, 0.15) is 0 Å². The van der Waals surface area contributed by atoms with Gasteiger partial charge in [0.15, 0.2) is 0 Å². The minimum Gasteiger partial charge on any atom is -0.353 e. The number of nitrogens with one attached hydrogen (secondary N) is 1. The Morgan fingerprint density at radius 2 is 1.76 bits per heavy atom. The van der Waals surface area contributed by atoms with Crippen molar-refractivity contribution in [2.75, 3.05) is 6.54 Å². The summed E-state index contributed by atoms with van der Waals surface area (Å²) in [4.78, 5) is 12.0. The standard InChI is InChI=1S/C14H26N2O/c15-10-12(14(17)16-13-7-8-13)9-11-5-3-1-2-4-6-11/h11-13H,1-10,15H2,(H,16,17). The van der Waals surface area contributed by atoms with Gasteiger partial charge in [-0.15, -0.1) is 0 Å². The Kier molecular flexibility index (Phi) is 4.84. The molecule has 2 fully saturated rings. The largest absolute Gasteiger partial charge is 0.353 e. The quantitative estimate of drug-likeness (QED) is 0.721. The Balaban J connectivity index is 1.77. The highest BCUT2D eigenvalue weighted by Crippen LogP contribution is 2.28. The molecule has 0 radical (unpaired) electrons. The molecule has 0 aliphatic heterocycles. The second-order valence-electron chi connectivity index (χ2n) is 5.81. The van der Waals surface area contributed by atoms with Gasteiger partial charge in [0.25, 0.3) is 0 Å². The highest BCUT2D eigenvalue weighted by molar-refractivity contribution is 5.79. The smallest absolute Gasteiger partial charge is 0.224 e. The van der Waals surface area contributed by atoms with Crippen molar-refractivity contribution in [1.29, 1.82) is 0 Å². The van der Waals surface area contributed by atoms with E-state index >= 15 is 0 Å². The van der Waals surface area contributed by atoms with E-state index in [2.05, 4.69) is 5.32 Å². The summed E-state index contributed by atoms with van der Waals surface area (Å²) < 4.78 is 0. The molecule has 0 spiro atoms. The molecule has 2 aliphatic carbocycles. The van der Waals surface area contributed by atoms with Crippen LogP contribution in [0.4, 0.5) is 0 Å². The van der Waals surface area contributed by atoms with E-state index in [1.54, 1.807) is 0 Å². The van der Waals surface area contributed by atoms with Crippen LogP contribution >= 0.6 is 0 Å². The van der Waals surface area contributed by atoms with Crippen molar-refractivity contribution in [3.8, 4) is 0 Å². The maximum atomic E-state index is 12.0. The van der Waals surface area contributed by atoms with E-state index in [4.69, 9.17) is 5.73 Å². The Hall–Kier alpha value is -0.570. The fourth-order valence-electron chi connectivity index (χ4n) is 2.86. The van der Waals surface area contributed by atoms with Crippen LogP contribution in [-0.4, -0.2) is 18.5 Å². The first-order valence-corrected chi connectivity index (χ1v) is 7.30. The number of amides is 1. The van der Waals surface area contributed by atoms with Crippen LogP contribution in [0.3, 0.4) is 0 Å². The molecule has 0 aromatic carbocycles. The Morgan fingerprint density at radius 1 is 1.12 bits per heavy atom. The molecule has 2 saturated carbocycles. The summed E-state index contributed by atoms with van der Waals surface area (Å²) in [5.74, 6) is 0.994. The van der Waals surface area contributed by atoms with Crippen LogP contribution in [0.2, 0.25) is 0 Å². The summed E-state index contributed by atoms with van der Waals surface area (Å²) in [7, 11) is 0. The van der Waals surface area contributed by atoms with Crippen molar-refractivity contribution < 1.29 is 4.79 Å². The minimum atomic E-state index is 0.0544. The van der Waals surface area contributed by atoms with Crippen LogP contribution in [-0.2, 0) is 4.79 Å². The van der Waals surface area contributed by atoms with Crippen LogP contribution in [0.5, 0.6) is 0 Å². The fraction of sp³-hybridized carbons (Fsp3) is 0.929. The molecule has 0 aromatic heterocycles. The van der Waals surface area contributed by atoms with Gasteiger partial charge in [-0.25, -0.2) is 0 Å². The van der Waals surface area contributed by atoms with Gasteiger partial charge in [0.05, 0.1) is 5.92 Å². The lowest BCUT2D eigenvalue weighted by atomic mass is 9.88. The van der Waals surface area contributed by atoms with Crippen molar-refractivity contribution in [3.63, 3.8) is 0 Å². The van der Waals surface area contributed by atoms with Gasteiger partial charge in [0.2, 0.25) is 5.91 Å². The number of carbonyl (C=O) groups excluding carboxylic acids is 1.